The third-order valence-corrected chi connectivity index (χ3v) is 6.58. The van der Waals surface area contributed by atoms with Gasteiger partial charge in [-0.25, -0.2) is 0 Å². The molecule has 2 heterocycles. The van der Waals surface area contributed by atoms with E-state index in [1.54, 1.807) is 24.3 Å². The molecule has 3 N–H and O–H groups in total. The van der Waals surface area contributed by atoms with Crippen LogP contribution in [0.5, 0.6) is 5.75 Å². The van der Waals surface area contributed by atoms with Crippen LogP contribution >= 0.6 is 11.8 Å². The number of aliphatic carboxylic acids is 1. The number of hydrogen-bond acceptors (Lipinski definition) is 7. The van der Waals surface area contributed by atoms with Crippen molar-refractivity contribution in [1.82, 2.24) is 20.4 Å². The number of carboxylic acids is 1. The number of methoxy groups -OCH3 is 1. The van der Waals surface area contributed by atoms with Crippen molar-refractivity contribution in [2.45, 2.75) is 24.9 Å². The van der Waals surface area contributed by atoms with Crippen LogP contribution in [0.2, 0.25) is 0 Å². The molecular formula is C22H28N4O7S. The Morgan fingerprint density at radius 1 is 1.18 bits per heavy atom. The van der Waals surface area contributed by atoms with Gasteiger partial charge in [-0.2, -0.15) is 0 Å². The van der Waals surface area contributed by atoms with E-state index in [9.17, 15) is 24.0 Å². The molecule has 4 amide bonds. The molecule has 184 valence electrons. The number of benzene rings is 1. The second-order valence-corrected chi connectivity index (χ2v) is 8.95. The molecule has 0 unspecified atom stereocenters. The van der Waals surface area contributed by atoms with Gasteiger partial charge in [0.2, 0.25) is 17.7 Å². The van der Waals surface area contributed by atoms with E-state index in [2.05, 4.69) is 10.6 Å². The lowest BCUT2D eigenvalue weighted by molar-refractivity contribution is -0.142. The Hall–Kier alpha value is -3.28. The first kappa shape index (κ1) is 25.3. The van der Waals surface area contributed by atoms with Gasteiger partial charge in [-0.15, -0.1) is 11.8 Å². The SMILES string of the molecule is COc1ccc(C(=O)N2CCN(C(=O)CSCC(=O)O)[C@@H](C(=O)N[C@@H]3CCCNC3=O)C2)cc1. The van der Waals surface area contributed by atoms with Crippen molar-refractivity contribution in [1.29, 1.82) is 0 Å². The van der Waals surface area contributed by atoms with Crippen molar-refractivity contribution < 1.29 is 33.8 Å². The summed E-state index contributed by atoms with van der Waals surface area (Å²) >= 11 is 0.941. The summed E-state index contributed by atoms with van der Waals surface area (Å²) in [7, 11) is 1.53. The number of rotatable bonds is 8. The van der Waals surface area contributed by atoms with Crippen LogP contribution in [-0.4, -0.2) is 101 Å². The average Bonchev–Trinajstić information content (AvgIpc) is 2.84. The normalized spacial score (nSPS) is 20.3. The highest BCUT2D eigenvalue weighted by Crippen LogP contribution is 2.18. The number of carbonyl (C=O) groups is 5. The molecule has 12 heteroatoms. The Morgan fingerprint density at radius 3 is 2.56 bits per heavy atom. The predicted molar refractivity (Wildman–Crippen MR) is 124 cm³/mol. The van der Waals surface area contributed by atoms with Crippen LogP contribution in [0.1, 0.15) is 23.2 Å². The van der Waals surface area contributed by atoms with Crippen molar-refractivity contribution in [3.63, 3.8) is 0 Å². The zero-order chi connectivity index (χ0) is 24.7. The molecule has 3 rings (SSSR count). The largest absolute Gasteiger partial charge is 0.497 e. The summed E-state index contributed by atoms with van der Waals surface area (Å²) < 4.78 is 5.12. The molecule has 11 nitrogen and oxygen atoms in total. The summed E-state index contributed by atoms with van der Waals surface area (Å²) in [6, 6.07) is 4.89. The van der Waals surface area contributed by atoms with Crippen molar-refractivity contribution >= 4 is 41.4 Å². The minimum Gasteiger partial charge on any atom is -0.497 e. The summed E-state index contributed by atoms with van der Waals surface area (Å²) in [6.07, 6.45) is 1.21. The summed E-state index contributed by atoms with van der Waals surface area (Å²) in [6.45, 7) is 0.835. The van der Waals surface area contributed by atoms with E-state index in [4.69, 9.17) is 9.84 Å². The minimum atomic E-state index is -1.04. The fraction of sp³-hybridized carbons (Fsp3) is 0.500. The lowest BCUT2D eigenvalue weighted by Gasteiger charge is -2.41. The maximum absolute atomic E-state index is 13.2. The molecule has 1 aromatic carbocycles. The van der Waals surface area contributed by atoms with E-state index in [0.717, 1.165) is 18.2 Å². The molecular weight excluding hydrogens is 464 g/mol. The van der Waals surface area contributed by atoms with Crippen LogP contribution in [-0.2, 0) is 19.2 Å². The molecule has 2 saturated heterocycles. The van der Waals surface area contributed by atoms with Gasteiger partial charge in [0, 0.05) is 25.2 Å². The van der Waals surface area contributed by atoms with Crippen LogP contribution in [0.4, 0.5) is 0 Å². The van der Waals surface area contributed by atoms with Crippen LogP contribution in [0.15, 0.2) is 24.3 Å². The molecule has 1 aromatic rings. The first-order valence-electron chi connectivity index (χ1n) is 10.9. The smallest absolute Gasteiger partial charge is 0.313 e. The van der Waals surface area contributed by atoms with E-state index < -0.39 is 29.9 Å². The van der Waals surface area contributed by atoms with Crippen molar-refractivity contribution in [2.75, 3.05) is 44.8 Å². The quantitative estimate of drug-likeness (QED) is 0.443. The highest BCUT2D eigenvalue weighted by Gasteiger charge is 2.38. The Labute approximate surface area is 201 Å². The standard InChI is InChI=1S/C22H28N4O7S/c1-33-15-6-4-14(5-7-15)22(32)25-9-10-26(18(27)12-34-13-19(28)29)17(11-25)21(31)24-16-3-2-8-23-20(16)30/h4-7,16-17H,2-3,8-13H2,1H3,(H,23,30)(H,24,31)(H,28,29)/t16-,17-/m1/s1. The molecule has 0 spiro atoms. The molecule has 0 bridgehead atoms. The van der Waals surface area contributed by atoms with Crippen LogP contribution in [0.25, 0.3) is 0 Å². The van der Waals surface area contributed by atoms with Gasteiger partial charge in [0.05, 0.1) is 25.2 Å². The van der Waals surface area contributed by atoms with Gasteiger partial charge in [-0.3, -0.25) is 24.0 Å². The average molecular weight is 493 g/mol. The lowest BCUT2D eigenvalue weighted by atomic mass is 10.0. The topological polar surface area (TPSA) is 145 Å². The predicted octanol–water partition coefficient (Wildman–Crippen LogP) is -0.439. The number of nitrogens with zero attached hydrogens (tertiary/aromatic N) is 2. The second-order valence-electron chi connectivity index (χ2n) is 7.96. The highest BCUT2D eigenvalue weighted by molar-refractivity contribution is 8.00. The number of amides is 4. The number of piperidine rings is 1. The van der Waals surface area contributed by atoms with Gasteiger partial charge in [0.15, 0.2) is 0 Å². The van der Waals surface area contributed by atoms with Gasteiger partial charge < -0.3 is 30.3 Å². The molecule has 34 heavy (non-hydrogen) atoms. The maximum atomic E-state index is 13.2. The van der Waals surface area contributed by atoms with E-state index in [-0.39, 0.29) is 43.0 Å². The van der Waals surface area contributed by atoms with Gasteiger partial charge in [0.25, 0.3) is 5.91 Å². The molecule has 2 atom stereocenters. The Kier molecular flexibility index (Phi) is 8.74. The third-order valence-electron chi connectivity index (χ3n) is 5.68. The van der Waals surface area contributed by atoms with Crippen molar-refractivity contribution in [3.8, 4) is 5.75 Å². The van der Waals surface area contributed by atoms with Crippen molar-refractivity contribution in [2.24, 2.45) is 0 Å². The molecule has 0 saturated carbocycles. The summed E-state index contributed by atoms with van der Waals surface area (Å²) in [4.78, 5) is 64.8. The number of carboxylic acid groups (broad SMARTS) is 1. The molecule has 2 fully saturated rings. The first-order valence-corrected chi connectivity index (χ1v) is 12.1. The number of ether oxygens (including phenoxy) is 1. The number of hydrogen-bond donors (Lipinski definition) is 3. The molecule has 2 aliphatic heterocycles. The summed E-state index contributed by atoms with van der Waals surface area (Å²) in [5.74, 6) is -2.26. The number of nitrogens with one attached hydrogen (secondary N) is 2. The third kappa shape index (κ3) is 6.40. The number of carbonyl (C=O) groups excluding carboxylic acids is 4. The molecule has 0 aromatic heterocycles. The maximum Gasteiger partial charge on any atom is 0.313 e. The van der Waals surface area contributed by atoms with E-state index in [1.807, 2.05) is 0 Å². The molecule has 0 radical (unpaired) electrons. The van der Waals surface area contributed by atoms with Crippen LogP contribution < -0.4 is 15.4 Å². The van der Waals surface area contributed by atoms with E-state index in [0.29, 0.717) is 24.3 Å². The molecule has 2 aliphatic rings. The van der Waals surface area contributed by atoms with Gasteiger partial charge in [-0.05, 0) is 37.1 Å². The summed E-state index contributed by atoms with van der Waals surface area (Å²) in [5, 5.41) is 14.2. The first-order chi connectivity index (χ1) is 16.3. The monoisotopic (exact) mass is 492 g/mol. The Balaban J connectivity index is 1.74. The van der Waals surface area contributed by atoms with Gasteiger partial charge in [0.1, 0.15) is 17.8 Å². The van der Waals surface area contributed by atoms with Crippen LogP contribution in [0.3, 0.4) is 0 Å². The van der Waals surface area contributed by atoms with E-state index >= 15 is 0 Å². The second kappa shape index (κ2) is 11.7. The van der Waals surface area contributed by atoms with Crippen LogP contribution in [0, 0.1) is 0 Å². The Morgan fingerprint density at radius 2 is 1.91 bits per heavy atom. The zero-order valence-electron chi connectivity index (χ0n) is 18.8. The number of piperazine rings is 1. The zero-order valence-corrected chi connectivity index (χ0v) is 19.6. The molecule has 0 aliphatic carbocycles. The van der Waals surface area contributed by atoms with E-state index in [1.165, 1.54) is 16.9 Å². The minimum absolute atomic E-state index is 0.0413. The fourth-order valence-corrected chi connectivity index (χ4v) is 4.51. The number of thioether (sulfide) groups is 1. The van der Waals surface area contributed by atoms with Crippen molar-refractivity contribution in [3.05, 3.63) is 29.8 Å². The lowest BCUT2D eigenvalue weighted by Crippen LogP contribution is -2.64. The summed E-state index contributed by atoms with van der Waals surface area (Å²) in [5.41, 5.74) is 0.420. The highest BCUT2D eigenvalue weighted by atomic mass is 32.2. The fourth-order valence-electron chi connectivity index (χ4n) is 3.89. The van der Waals surface area contributed by atoms with Gasteiger partial charge >= 0.3 is 5.97 Å². The van der Waals surface area contributed by atoms with Gasteiger partial charge in [-0.1, -0.05) is 0 Å². The Bertz CT molecular complexity index is 940.